The van der Waals surface area contributed by atoms with Crippen LogP contribution in [0.4, 0.5) is 0 Å². The van der Waals surface area contributed by atoms with Crippen LogP contribution in [0.2, 0.25) is 5.02 Å². The molecule has 4 nitrogen and oxygen atoms in total. The molecule has 0 aliphatic rings. The van der Waals surface area contributed by atoms with E-state index in [0.717, 1.165) is 11.1 Å². The number of hydrogen-bond acceptors (Lipinski definition) is 4. The zero-order chi connectivity index (χ0) is 15.0. The molecule has 0 aliphatic carbocycles. The predicted octanol–water partition coefficient (Wildman–Crippen LogP) is 4.63. The maximum absolute atomic E-state index is 10.0. The van der Waals surface area contributed by atoms with E-state index in [9.17, 15) is 10.2 Å². The third kappa shape index (κ3) is 2.45. The largest absolute Gasteiger partial charge is 0.508 e. The first-order valence-electron chi connectivity index (χ1n) is 6.31. The minimum absolute atomic E-state index is 0. The van der Waals surface area contributed by atoms with Crippen LogP contribution in [-0.4, -0.2) is 15.4 Å². The second-order valence-corrected chi connectivity index (χ2v) is 5.12. The van der Waals surface area contributed by atoms with Gasteiger partial charge in [-0.2, -0.15) is 0 Å². The van der Waals surface area contributed by atoms with E-state index in [1.165, 1.54) is 12.1 Å². The van der Waals surface area contributed by atoms with Crippen molar-refractivity contribution in [3.63, 3.8) is 0 Å². The van der Waals surface area contributed by atoms with Gasteiger partial charge in [0.1, 0.15) is 11.5 Å². The number of phenols is 2. The third-order valence-electron chi connectivity index (χ3n) is 3.22. The van der Waals surface area contributed by atoms with Crippen LogP contribution in [0.15, 0.2) is 47.0 Å². The van der Waals surface area contributed by atoms with Crippen LogP contribution in [0.1, 0.15) is 7.12 Å². The molecule has 1 heterocycles. The van der Waals surface area contributed by atoms with Crippen molar-refractivity contribution in [2.24, 2.45) is 0 Å². The van der Waals surface area contributed by atoms with E-state index in [-0.39, 0.29) is 12.9 Å². The molecule has 0 bridgehead atoms. The number of aromatic hydroxyl groups is 2. The minimum Gasteiger partial charge on any atom is -0.508 e. The van der Waals surface area contributed by atoms with Crippen molar-refractivity contribution in [3.8, 4) is 33.9 Å². The summed E-state index contributed by atoms with van der Waals surface area (Å²) in [6, 6.07) is 11.6. The number of aryl methyl sites for hydroxylation is 1. The molecule has 1 aromatic heterocycles. The van der Waals surface area contributed by atoms with E-state index in [1.807, 2.05) is 19.1 Å². The monoisotopic (exact) mass is 303 g/mol. The van der Waals surface area contributed by atoms with Crippen molar-refractivity contribution in [1.82, 2.24) is 5.16 Å². The van der Waals surface area contributed by atoms with E-state index in [4.69, 9.17) is 16.1 Å². The zero-order valence-corrected chi connectivity index (χ0v) is 11.9. The molecule has 3 rings (SSSR count). The Hall–Kier alpha value is -2.46. The molecule has 2 N–H and O–H groups in total. The van der Waals surface area contributed by atoms with Gasteiger partial charge >= 0.3 is 0 Å². The van der Waals surface area contributed by atoms with Crippen LogP contribution in [0, 0.1) is 6.92 Å². The number of hydrogen-bond donors (Lipinski definition) is 2. The molecule has 3 aromatic rings. The predicted molar refractivity (Wildman–Crippen MR) is 82.6 cm³/mol. The fraction of sp³-hybridized carbons (Fsp3) is 0.0625. The Morgan fingerprint density at radius 3 is 2.48 bits per heavy atom. The first kappa shape index (κ1) is 13.5. The van der Waals surface area contributed by atoms with E-state index in [1.54, 1.807) is 18.2 Å². The van der Waals surface area contributed by atoms with E-state index in [2.05, 4.69) is 5.16 Å². The maximum atomic E-state index is 10.0. The van der Waals surface area contributed by atoms with Gasteiger partial charge in [0, 0.05) is 12.5 Å². The summed E-state index contributed by atoms with van der Waals surface area (Å²) in [5, 5.41) is 24.0. The molecule has 0 amide bonds. The van der Waals surface area contributed by atoms with Crippen molar-refractivity contribution < 1.29 is 16.2 Å². The number of halogens is 1. The lowest BCUT2D eigenvalue weighted by atomic mass is 9.99. The molecule has 5 heteroatoms. The number of nitrogens with zero attached hydrogens (tertiary/aromatic N) is 1. The van der Waals surface area contributed by atoms with Crippen LogP contribution in [0.25, 0.3) is 22.5 Å². The lowest BCUT2D eigenvalue weighted by Gasteiger charge is -2.05. The Balaban J connectivity index is 0.00000176. The second kappa shape index (κ2) is 5.14. The molecule has 0 spiro atoms. The lowest BCUT2D eigenvalue weighted by Crippen LogP contribution is -1.84. The Labute approximate surface area is 127 Å². The summed E-state index contributed by atoms with van der Waals surface area (Å²) < 4.78 is 5.36. The van der Waals surface area contributed by atoms with Gasteiger partial charge in [-0.05, 0) is 36.8 Å². The highest BCUT2D eigenvalue weighted by Gasteiger charge is 2.19. The van der Waals surface area contributed by atoms with Gasteiger partial charge in [-0.1, -0.05) is 28.9 Å². The molecule has 21 heavy (non-hydrogen) atoms. The normalized spacial score (nSPS) is 10.8. The van der Waals surface area contributed by atoms with E-state index >= 15 is 0 Å². The van der Waals surface area contributed by atoms with Gasteiger partial charge in [0.15, 0.2) is 5.76 Å². The minimum atomic E-state index is -0.0682. The first-order chi connectivity index (χ1) is 10.1. The maximum Gasteiger partial charge on any atom is 0.178 e. The molecule has 0 aliphatic heterocycles. The van der Waals surface area contributed by atoms with Gasteiger partial charge in [-0.3, -0.25) is 0 Å². The summed E-state index contributed by atoms with van der Waals surface area (Å²) in [7, 11) is 0. The summed E-state index contributed by atoms with van der Waals surface area (Å²) >= 11 is 5.91. The van der Waals surface area contributed by atoms with E-state index in [0.29, 0.717) is 22.0 Å². The molecule has 108 valence electrons. The summed E-state index contributed by atoms with van der Waals surface area (Å²) in [5.41, 5.74) is 2.85. The Kier molecular flexibility index (Phi) is 3.31. The quantitative estimate of drug-likeness (QED) is 0.724. The van der Waals surface area contributed by atoms with Crippen molar-refractivity contribution in [1.29, 1.82) is 0 Å². The molecular formula is C16H14ClNO3. The first-order valence-corrected chi connectivity index (χ1v) is 6.68. The number of aromatic nitrogens is 1. The molecule has 0 saturated carbocycles. The molecule has 0 atom stereocenters. The van der Waals surface area contributed by atoms with E-state index < -0.39 is 0 Å². The molecule has 0 radical (unpaired) electrons. The summed E-state index contributed by atoms with van der Waals surface area (Å²) in [6.45, 7) is 1.83. The van der Waals surface area contributed by atoms with Crippen molar-refractivity contribution in [2.45, 2.75) is 6.92 Å². The molecule has 0 fully saturated rings. The van der Waals surface area contributed by atoms with Gasteiger partial charge in [0.05, 0.1) is 16.8 Å². The van der Waals surface area contributed by atoms with Crippen molar-refractivity contribution in [3.05, 3.63) is 53.2 Å². The lowest BCUT2D eigenvalue weighted by molar-refractivity contribution is 0.420. The average Bonchev–Trinajstić information content (AvgIpc) is 2.82. The fourth-order valence-electron chi connectivity index (χ4n) is 2.22. The topological polar surface area (TPSA) is 66.5 Å². The molecule has 0 saturated heterocycles. The number of phenolic OH excluding ortho intramolecular Hbond substituents is 2. The summed E-state index contributed by atoms with van der Waals surface area (Å²) in [6.07, 6.45) is 0. The van der Waals surface area contributed by atoms with Gasteiger partial charge in [0.25, 0.3) is 0 Å². The van der Waals surface area contributed by atoms with Crippen LogP contribution >= 0.6 is 11.6 Å². The SMILES string of the molecule is Cc1noc(-c2ccc(O)cc2O)c1-c1ccc(Cl)cc1.[HH]. The number of rotatable bonds is 2. The van der Waals surface area contributed by atoms with Crippen molar-refractivity contribution >= 4 is 11.6 Å². The number of benzene rings is 2. The fourth-order valence-corrected chi connectivity index (χ4v) is 2.35. The van der Waals surface area contributed by atoms with Gasteiger partial charge < -0.3 is 14.7 Å². The van der Waals surface area contributed by atoms with Gasteiger partial charge in [-0.15, -0.1) is 0 Å². The molecule has 2 aromatic carbocycles. The smallest absolute Gasteiger partial charge is 0.178 e. The Morgan fingerprint density at radius 1 is 1.10 bits per heavy atom. The average molecular weight is 304 g/mol. The Bertz CT molecular complexity index is 800. The van der Waals surface area contributed by atoms with Crippen LogP contribution in [-0.2, 0) is 0 Å². The highest BCUT2D eigenvalue weighted by atomic mass is 35.5. The molecule has 0 unspecified atom stereocenters. The van der Waals surface area contributed by atoms with Gasteiger partial charge in [-0.25, -0.2) is 0 Å². The molecular weight excluding hydrogens is 290 g/mol. The second-order valence-electron chi connectivity index (χ2n) is 4.68. The van der Waals surface area contributed by atoms with Crippen LogP contribution in [0.3, 0.4) is 0 Å². The Morgan fingerprint density at radius 2 is 1.81 bits per heavy atom. The summed E-state index contributed by atoms with van der Waals surface area (Å²) in [5.74, 6) is 0.370. The standard InChI is InChI=1S/C16H12ClNO3.H2/c1-9-15(10-2-4-11(17)5-3-10)16(21-18-9)13-7-6-12(19)8-14(13)20;/h2-8,19-20H,1H3;1H. The zero-order valence-electron chi connectivity index (χ0n) is 11.2. The van der Waals surface area contributed by atoms with Crippen LogP contribution in [0.5, 0.6) is 11.5 Å². The highest BCUT2D eigenvalue weighted by Crippen LogP contribution is 2.40. The van der Waals surface area contributed by atoms with Crippen LogP contribution < -0.4 is 0 Å². The summed E-state index contributed by atoms with van der Waals surface area (Å²) in [4.78, 5) is 0. The highest BCUT2D eigenvalue weighted by molar-refractivity contribution is 6.30. The van der Waals surface area contributed by atoms with Gasteiger partial charge in [0.2, 0.25) is 0 Å². The third-order valence-corrected chi connectivity index (χ3v) is 3.47. The van der Waals surface area contributed by atoms with Crippen molar-refractivity contribution in [2.75, 3.05) is 0 Å².